The van der Waals surface area contributed by atoms with Crippen LogP contribution in [0.3, 0.4) is 0 Å². The lowest BCUT2D eigenvalue weighted by molar-refractivity contribution is -0.116. The number of hydrogen-bond donors (Lipinski definition) is 1. The molecule has 1 saturated heterocycles. The Hall–Kier alpha value is -2.18. The molecule has 1 fully saturated rings. The van der Waals surface area contributed by atoms with E-state index in [-0.39, 0.29) is 16.7 Å². The van der Waals surface area contributed by atoms with E-state index in [2.05, 4.69) is 17.4 Å². The normalized spacial score (nSPS) is 21.1. The fraction of sp³-hybridized carbons (Fsp3) is 0.381. The van der Waals surface area contributed by atoms with Crippen molar-refractivity contribution in [1.29, 1.82) is 0 Å². The standard InChI is InChI=1S/C21H24N2O3S/c1-15-19-14-18(7-8-20(19)22-21(15)24)27(25,26)23-11-9-17(10-12-23)13-16-5-3-2-4-6-16/h2-8,14-15,17H,9-13H2,1H3,(H,22,24)/t15-/m0/s1. The average molecular weight is 385 g/mol. The highest BCUT2D eigenvalue weighted by Crippen LogP contribution is 2.35. The highest BCUT2D eigenvalue weighted by atomic mass is 32.2. The summed E-state index contributed by atoms with van der Waals surface area (Å²) in [6.45, 7) is 2.89. The van der Waals surface area contributed by atoms with Crippen molar-refractivity contribution in [2.24, 2.45) is 5.92 Å². The number of nitrogens with one attached hydrogen (secondary N) is 1. The first-order valence-electron chi connectivity index (χ1n) is 9.44. The molecule has 2 aliphatic rings. The molecule has 142 valence electrons. The second kappa shape index (κ2) is 7.09. The summed E-state index contributed by atoms with van der Waals surface area (Å²) in [6, 6.07) is 15.3. The number of amides is 1. The van der Waals surface area contributed by atoms with Gasteiger partial charge in [0.2, 0.25) is 15.9 Å². The molecule has 0 unspecified atom stereocenters. The summed E-state index contributed by atoms with van der Waals surface area (Å²) in [6.07, 6.45) is 2.74. The van der Waals surface area contributed by atoms with Gasteiger partial charge in [-0.3, -0.25) is 4.79 Å². The van der Waals surface area contributed by atoms with Crippen LogP contribution in [0.15, 0.2) is 53.4 Å². The highest BCUT2D eigenvalue weighted by Gasteiger charge is 2.32. The molecule has 0 saturated carbocycles. The summed E-state index contributed by atoms with van der Waals surface area (Å²) in [7, 11) is -3.53. The lowest BCUT2D eigenvalue weighted by atomic mass is 9.91. The highest BCUT2D eigenvalue weighted by molar-refractivity contribution is 7.89. The average Bonchev–Trinajstić information content (AvgIpc) is 2.97. The maximum atomic E-state index is 13.1. The Morgan fingerprint density at radius 3 is 2.48 bits per heavy atom. The maximum Gasteiger partial charge on any atom is 0.243 e. The molecule has 6 heteroatoms. The Morgan fingerprint density at radius 1 is 1.07 bits per heavy atom. The molecular formula is C21H24N2O3S. The predicted molar refractivity (Wildman–Crippen MR) is 105 cm³/mol. The summed E-state index contributed by atoms with van der Waals surface area (Å²) < 4.78 is 27.7. The molecule has 27 heavy (non-hydrogen) atoms. The zero-order valence-electron chi connectivity index (χ0n) is 15.4. The van der Waals surface area contributed by atoms with Crippen LogP contribution >= 0.6 is 0 Å². The van der Waals surface area contributed by atoms with Crippen LogP contribution in [0.2, 0.25) is 0 Å². The van der Waals surface area contributed by atoms with Gasteiger partial charge >= 0.3 is 0 Å². The van der Waals surface area contributed by atoms with Gasteiger partial charge in [-0.25, -0.2) is 8.42 Å². The van der Waals surface area contributed by atoms with E-state index in [4.69, 9.17) is 0 Å². The van der Waals surface area contributed by atoms with E-state index in [1.807, 2.05) is 18.2 Å². The summed E-state index contributed by atoms with van der Waals surface area (Å²) in [5.41, 5.74) is 2.79. The molecule has 0 radical (unpaired) electrons. The number of fused-ring (bicyclic) bond motifs is 1. The van der Waals surface area contributed by atoms with Gasteiger partial charge in [-0.15, -0.1) is 0 Å². The van der Waals surface area contributed by atoms with Crippen LogP contribution < -0.4 is 5.32 Å². The van der Waals surface area contributed by atoms with Crippen LogP contribution in [0.5, 0.6) is 0 Å². The lowest BCUT2D eigenvalue weighted by Crippen LogP contribution is -2.38. The summed E-state index contributed by atoms with van der Waals surface area (Å²) in [5.74, 6) is 0.119. The third-order valence-electron chi connectivity index (χ3n) is 5.72. The molecule has 1 N–H and O–H groups in total. The van der Waals surface area contributed by atoms with Crippen molar-refractivity contribution in [1.82, 2.24) is 4.31 Å². The van der Waals surface area contributed by atoms with Crippen molar-refractivity contribution in [3.05, 3.63) is 59.7 Å². The minimum absolute atomic E-state index is 0.0822. The number of carbonyl (C=O) groups is 1. The minimum Gasteiger partial charge on any atom is -0.325 e. The van der Waals surface area contributed by atoms with Crippen molar-refractivity contribution in [2.75, 3.05) is 18.4 Å². The number of piperidine rings is 1. The molecule has 0 aliphatic carbocycles. The second-order valence-electron chi connectivity index (χ2n) is 7.50. The maximum absolute atomic E-state index is 13.1. The van der Waals surface area contributed by atoms with Crippen LogP contribution in [0, 0.1) is 5.92 Å². The van der Waals surface area contributed by atoms with Crippen LogP contribution in [-0.2, 0) is 21.2 Å². The number of nitrogens with zero attached hydrogens (tertiary/aromatic N) is 1. The van der Waals surface area contributed by atoms with Gasteiger partial charge in [-0.2, -0.15) is 4.31 Å². The van der Waals surface area contributed by atoms with Gasteiger partial charge in [0.15, 0.2) is 0 Å². The third kappa shape index (κ3) is 3.51. The number of anilines is 1. The predicted octanol–water partition coefficient (Wildman–Crippen LogP) is 3.39. The van der Waals surface area contributed by atoms with E-state index in [1.165, 1.54) is 5.56 Å². The van der Waals surface area contributed by atoms with Gasteiger partial charge in [-0.1, -0.05) is 30.3 Å². The Labute approximate surface area is 160 Å². The van der Waals surface area contributed by atoms with E-state index in [0.717, 1.165) is 24.8 Å². The van der Waals surface area contributed by atoms with Gasteiger partial charge in [0.05, 0.1) is 10.8 Å². The van der Waals surface area contributed by atoms with Gasteiger partial charge in [-0.05, 0) is 61.4 Å². The largest absolute Gasteiger partial charge is 0.325 e. The molecule has 1 amide bonds. The Kier molecular flexibility index (Phi) is 4.78. The SMILES string of the molecule is C[C@@H]1C(=O)Nc2ccc(S(=O)(=O)N3CCC(Cc4ccccc4)CC3)cc21. The molecule has 0 bridgehead atoms. The van der Waals surface area contributed by atoms with Gasteiger partial charge in [0.25, 0.3) is 0 Å². The zero-order chi connectivity index (χ0) is 19.0. The number of benzene rings is 2. The molecule has 0 spiro atoms. The van der Waals surface area contributed by atoms with E-state index < -0.39 is 10.0 Å². The van der Waals surface area contributed by atoms with Crippen molar-refractivity contribution in [3.63, 3.8) is 0 Å². The molecule has 2 aromatic carbocycles. The number of sulfonamides is 1. The first-order chi connectivity index (χ1) is 12.9. The number of carbonyl (C=O) groups excluding carboxylic acids is 1. The minimum atomic E-state index is -3.53. The van der Waals surface area contributed by atoms with Gasteiger partial charge < -0.3 is 5.32 Å². The monoisotopic (exact) mass is 384 g/mol. The fourth-order valence-electron chi connectivity index (χ4n) is 4.01. The molecule has 0 aromatic heterocycles. The Bertz CT molecular complexity index is 949. The lowest BCUT2D eigenvalue weighted by Gasteiger charge is -2.31. The smallest absolute Gasteiger partial charge is 0.243 e. The van der Waals surface area contributed by atoms with Crippen molar-refractivity contribution in [3.8, 4) is 0 Å². The molecule has 2 aliphatic heterocycles. The topological polar surface area (TPSA) is 66.5 Å². The van der Waals surface area contributed by atoms with Crippen LogP contribution in [-0.4, -0.2) is 31.7 Å². The third-order valence-corrected chi connectivity index (χ3v) is 7.61. The Balaban J connectivity index is 1.46. The molecule has 2 aromatic rings. The van der Waals surface area contributed by atoms with Crippen molar-refractivity contribution in [2.45, 2.75) is 37.0 Å². The molecule has 5 nitrogen and oxygen atoms in total. The summed E-state index contributed by atoms with van der Waals surface area (Å²) in [4.78, 5) is 12.1. The quantitative estimate of drug-likeness (QED) is 0.879. The van der Waals surface area contributed by atoms with E-state index in [0.29, 0.717) is 24.7 Å². The summed E-state index contributed by atoms with van der Waals surface area (Å²) >= 11 is 0. The van der Waals surface area contributed by atoms with E-state index >= 15 is 0 Å². The van der Waals surface area contributed by atoms with Crippen LogP contribution in [0.25, 0.3) is 0 Å². The fourth-order valence-corrected chi connectivity index (χ4v) is 5.51. The molecule has 1 atom stereocenters. The first kappa shape index (κ1) is 18.2. The number of rotatable bonds is 4. The second-order valence-corrected chi connectivity index (χ2v) is 9.44. The molecule has 4 rings (SSSR count). The first-order valence-corrected chi connectivity index (χ1v) is 10.9. The zero-order valence-corrected chi connectivity index (χ0v) is 16.2. The van der Waals surface area contributed by atoms with Crippen molar-refractivity contribution >= 4 is 21.6 Å². The van der Waals surface area contributed by atoms with Crippen molar-refractivity contribution < 1.29 is 13.2 Å². The summed E-state index contributed by atoms with van der Waals surface area (Å²) in [5, 5.41) is 2.79. The van der Waals surface area contributed by atoms with Crippen LogP contribution in [0.1, 0.15) is 36.8 Å². The van der Waals surface area contributed by atoms with E-state index in [1.54, 1.807) is 29.4 Å². The number of hydrogen-bond acceptors (Lipinski definition) is 3. The van der Waals surface area contributed by atoms with Crippen LogP contribution in [0.4, 0.5) is 5.69 Å². The van der Waals surface area contributed by atoms with Gasteiger partial charge in [0.1, 0.15) is 0 Å². The Morgan fingerprint density at radius 2 is 1.78 bits per heavy atom. The van der Waals surface area contributed by atoms with Gasteiger partial charge in [0, 0.05) is 18.8 Å². The molecular weight excluding hydrogens is 360 g/mol. The molecule has 2 heterocycles. The van der Waals surface area contributed by atoms with E-state index in [9.17, 15) is 13.2 Å².